The van der Waals surface area contributed by atoms with Gasteiger partial charge >= 0.3 is 5.97 Å². The highest BCUT2D eigenvalue weighted by Gasteiger charge is 2.74. The third-order valence-corrected chi connectivity index (χ3v) is 6.66. The van der Waals surface area contributed by atoms with Crippen LogP contribution in [0.1, 0.15) is 18.1 Å². The number of carbonyl (C=O) groups excluding carboxylic acids is 1. The normalized spacial score (nSPS) is 45.3. The third kappa shape index (κ3) is 1.42. The lowest BCUT2D eigenvalue weighted by Crippen LogP contribution is -2.53. The first kappa shape index (κ1) is 14.0. The smallest absolute Gasteiger partial charge is 0.310 e. The molecule has 5 heterocycles. The lowest BCUT2D eigenvalue weighted by molar-refractivity contribution is -0.146. The highest BCUT2D eigenvalue weighted by molar-refractivity contribution is 6.04. The Bertz CT molecular complexity index is 850. The largest absolute Gasteiger partial charge is 0.481 e. The zero-order valence-electron chi connectivity index (χ0n) is 13.4. The van der Waals surface area contributed by atoms with Crippen LogP contribution in [0.5, 0.6) is 0 Å². The zero-order valence-corrected chi connectivity index (χ0v) is 13.4. The quantitative estimate of drug-likeness (QED) is 0.785. The molecular weight excluding hydrogens is 322 g/mol. The summed E-state index contributed by atoms with van der Waals surface area (Å²) in [6, 6.07) is 7.61. The van der Waals surface area contributed by atoms with Gasteiger partial charge in [0.15, 0.2) is 0 Å². The Morgan fingerprint density at radius 3 is 3.00 bits per heavy atom. The monoisotopic (exact) mass is 339 g/mol. The number of carboxylic acid groups (broad SMARTS) is 1. The number of para-hydroxylation sites is 1. The molecule has 128 valence electrons. The molecule has 1 N–H and O–H groups in total. The van der Waals surface area contributed by atoms with E-state index in [1.807, 2.05) is 41.3 Å². The van der Waals surface area contributed by atoms with E-state index in [0.29, 0.717) is 6.61 Å². The van der Waals surface area contributed by atoms with Gasteiger partial charge in [-0.2, -0.15) is 0 Å². The molecule has 3 saturated heterocycles. The summed E-state index contributed by atoms with van der Waals surface area (Å²) in [5.41, 5.74) is 1.03. The van der Waals surface area contributed by atoms with Gasteiger partial charge in [-0.1, -0.05) is 30.4 Å². The van der Waals surface area contributed by atoms with Crippen LogP contribution in [-0.4, -0.2) is 41.3 Å². The molecule has 0 aromatic heterocycles. The third-order valence-electron chi connectivity index (χ3n) is 6.66. The number of benzene rings is 1. The first-order chi connectivity index (χ1) is 12.1. The van der Waals surface area contributed by atoms with E-state index >= 15 is 0 Å². The first-order valence-electron chi connectivity index (χ1n) is 8.77. The van der Waals surface area contributed by atoms with Crippen LogP contribution in [-0.2, 0) is 19.1 Å². The summed E-state index contributed by atoms with van der Waals surface area (Å²) in [6.45, 7) is 0.651. The van der Waals surface area contributed by atoms with Crippen molar-refractivity contribution in [1.82, 2.24) is 0 Å². The van der Waals surface area contributed by atoms with Gasteiger partial charge in [-0.3, -0.25) is 9.59 Å². The molecule has 5 aliphatic heterocycles. The van der Waals surface area contributed by atoms with E-state index in [2.05, 4.69) is 0 Å². The number of rotatable bonds is 1. The van der Waals surface area contributed by atoms with Crippen molar-refractivity contribution in [2.24, 2.45) is 17.8 Å². The fourth-order valence-corrected chi connectivity index (χ4v) is 5.86. The standard InChI is InChI=1S/C19H17NO5/c21-17-14-13(18(22)23)12-5-7-19(14,25-12)16-10-6-8-24-15(10)9-3-1-2-4-11(9)20(16)17/h1-5,7,10,12-16H,6,8H2,(H,22,23)/t10-,12+,13-,14-,15+,16+,19+/m0/s1. The molecule has 1 amide bonds. The topological polar surface area (TPSA) is 76.1 Å². The van der Waals surface area contributed by atoms with Crippen LogP contribution in [0, 0.1) is 17.8 Å². The van der Waals surface area contributed by atoms with Crippen LogP contribution in [0.3, 0.4) is 0 Å². The Morgan fingerprint density at radius 1 is 1.32 bits per heavy atom. The minimum atomic E-state index is -0.957. The highest BCUT2D eigenvalue weighted by Crippen LogP contribution is 2.62. The molecule has 1 spiro atoms. The van der Waals surface area contributed by atoms with E-state index in [1.54, 1.807) is 0 Å². The van der Waals surface area contributed by atoms with Crippen LogP contribution < -0.4 is 4.90 Å². The molecule has 1 aromatic carbocycles. The molecule has 6 heteroatoms. The molecule has 5 aliphatic rings. The van der Waals surface area contributed by atoms with Gasteiger partial charge in [0.05, 0.1) is 24.2 Å². The summed E-state index contributed by atoms with van der Waals surface area (Å²) in [6.07, 6.45) is 4.07. The van der Waals surface area contributed by atoms with Crippen molar-refractivity contribution < 1.29 is 24.2 Å². The predicted molar refractivity (Wildman–Crippen MR) is 85.9 cm³/mol. The number of amides is 1. The molecule has 0 unspecified atom stereocenters. The number of anilines is 1. The van der Waals surface area contributed by atoms with E-state index in [1.165, 1.54) is 0 Å². The molecule has 0 aliphatic carbocycles. The predicted octanol–water partition coefficient (Wildman–Crippen LogP) is 1.52. The number of nitrogens with zero attached hydrogens (tertiary/aromatic N) is 1. The molecular formula is C19H17NO5. The van der Waals surface area contributed by atoms with E-state index in [-0.39, 0.29) is 24.0 Å². The fourth-order valence-electron chi connectivity index (χ4n) is 5.86. The average Bonchev–Trinajstić information content (AvgIpc) is 3.35. The summed E-state index contributed by atoms with van der Waals surface area (Å²) >= 11 is 0. The second-order valence-corrected chi connectivity index (χ2v) is 7.59. The Hall–Kier alpha value is -2.18. The first-order valence-corrected chi connectivity index (χ1v) is 8.77. The molecule has 25 heavy (non-hydrogen) atoms. The molecule has 2 bridgehead atoms. The van der Waals surface area contributed by atoms with E-state index in [4.69, 9.17) is 9.47 Å². The Balaban J connectivity index is 1.59. The number of hydrogen-bond acceptors (Lipinski definition) is 4. The van der Waals surface area contributed by atoms with Crippen LogP contribution in [0.25, 0.3) is 0 Å². The van der Waals surface area contributed by atoms with Crippen molar-refractivity contribution in [3.8, 4) is 0 Å². The second-order valence-electron chi connectivity index (χ2n) is 7.59. The molecule has 6 nitrogen and oxygen atoms in total. The van der Waals surface area contributed by atoms with Gasteiger partial charge < -0.3 is 19.5 Å². The van der Waals surface area contributed by atoms with Crippen molar-refractivity contribution >= 4 is 17.6 Å². The summed E-state index contributed by atoms with van der Waals surface area (Å²) in [7, 11) is 0. The number of hydrogen-bond donors (Lipinski definition) is 1. The van der Waals surface area contributed by atoms with Gasteiger partial charge in [-0.15, -0.1) is 0 Å². The SMILES string of the molecule is O=C(O)[C@@H]1[C@H]2C(=O)N3c4ccccc4[C@H]4OCC[C@@H]4[C@@H]3[C@@]23C=C[C@H]1O3. The Morgan fingerprint density at radius 2 is 2.16 bits per heavy atom. The van der Waals surface area contributed by atoms with E-state index in [9.17, 15) is 14.7 Å². The molecule has 0 radical (unpaired) electrons. The van der Waals surface area contributed by atoms with Crippen molar-refractivity contribution in [3.63, 3.8) is 0 Å². The summed E-state index contributed by atoms with van der Waals surface area (Å²) in [4.78, 5) is 27.0. The van der Waals surface area contributed by atoms with Gasteiger partial charge in [-0.05, 0) is 12.5 Å². The maximum atomic E-state index is 13.4. The number of fused-ring (bicyclic) bond motifs is 7. The highest BCUT2D eigenvalue weighted by atomic mass is 16.5. The average molecular weight is 339 g/mol. The summed E-state index contributed by atoms with van der Waals surface area (Å²) < 4.78 is 12.2. The minimum absolute atomic E-state index is 0.0571. The van der Waals surface area contributed by atoms with Gasteiger partial charge in [0.1, 0.15) is 11.5 Å². The van der Waals surface area contributed by atoms with Crippen LogP contribution in [0.2, 0.25) is 0 Å². The zero-order chi connectivity index (χ0) is 16.9. The number of carboxylic acids is 1. The number of aliphatic carboxylic acids is 1. The lowest BCUT2D eigenvalue weighted by atomic mass is 9.70. The fraction of sp³-hybridized carbons (Fsp3) is 0.474. The van der Waals surface area contributed by atoms with Gasteiger partial charge in [-0.25, -0.2) is 0 Å². The van der Waals surface area contributed by atoms with E-state index in [0.717, 1.165) is 17.7 Å². The van der Waals surface area contributed by atoms with Crippen LogP contribution in [0.15, 0.2) is 36.4 Å². The van der Waals surface area contributed by atoms with Crippen molar-refractivity contribution in [2.75, 3.05) is 11.5 Å². The van der Waals surface area contributed by atoms with Gasteiger partial charge in [0, 0.05) is 23.8 Å². The summed E-state index contributed by atoms with van der Waals surface area (Å²) in [5, 5.41) is 9.70. The second kappa shape index (κ2) is 4.31. The van der Waals surface area contributed by atoms with Crippen LogP contribution >= 0.6 is 0 Å². The minimum Gasteiger partial charge on any atom is -0.481 e. The Labute approximate surface area is 144 Å². The van der Waals surface area contributed by atoms with Gasteiger partial charge in [0.2, 0.25) is 5.91 Å². The lowest BCUT2D eigenvalue weighted by Gasteiger charge is -2.43. The summed E-state index contributed by atoms with van der Waals surface area (Å²) in [5.74, 6) is -2.42. The Kier molecular flexibility index (Phi) is 2.42. The molecule has 3 fully saturated rings. The molecule has 7 atom stereocenters. The molecule has 1 aromatic rings. The van der Waals surface area contributed by atoms with Crippen molar-refractivity contribution in [1.29, 1.82) is 0 Å². The number of ether oxygens (including phenoxy) is 2. The maximum absolute atomic E-state index is 13.4. The van der Waals surface area contributed by atoms with Crippen LogP contribution in [0.4, 0.5) is 5.69 Å². The number of carbonyl (C=O) groups is 2. The maximum Gasteiger partial charge on any atom is 0.310 e. The van der Waals surface area contributed by atoms with Crippen molar-refractivity contribution in [2.45, 2.75) is 30.3 Å². The van der Waals surface area contributed by atoms with E-state index < -0.39 is 29.5 Å². The van der Waals surface area contributed by atoms with Crippen molar-refractivity contribution in [3.05, 3.63) is 42.0 Å². The van der Waals surface area contributed by atoms with Gasteiger partial charge in [0.25, 0.3) is 0 Å². The molecule has 0 saturated carbocycles. The molecule has 6 rings (SSSR count).